The van der Waals surface area contributed by atoms with E-state index in [1.165, 1.54) is 32.2 Å². The molecular weight excluding hydrogens is 480 g/mol. The third-order valence-corrected chi connectivity index (χ3v) is 8.16. The van der Waals surface area contributed by atoms with Crippen LogP contribution >= 0.6 is 0 Å². The van der Waals surface area contributed by atoms with Gasteiger partial charge in [0.2, 0.25) is 0 Å². The minimum Gasteiger partial charge on any atom is -0.378 e. The number of morpholine rings is 1. The molecule has 0 saturated carbocycles. The Bertz CT molecular complexity index is 1530. The van der Waals surface area contributed by atoms with Crippen LogP contribution < -0.4 is 10.2 Å². The molecule has 1 aromatic carbocycles. The van der Waals surface area contributed by atoms with Crippen LogP contribution in [0.2, 0.25) is 0 Å². The highest BCUT2D eigenvalue weighted by Crippen LogP contribution is 2.32. The Labute approximate surface area is 210 Å². The molecule has 11 nitrogen and oxygen atoms in total. The highest BCUT2D eigenvalue weighted by atomic mass is 32.2. The molecule has 0 radical (unpaired) electrons. The molecule has 0 unspecified atom stereocenters. The van der Waals surface area contributed by atoms with E-state index in [2.05, 4.69) is 35.1 Å². The average Bonchev–Trinajstić information content (AvgIpc) is 3.47. The van der Waals surface area contributed by atoms with Crippen molar-refractivity contribution in [2.45, 2.75) is 20.8 Å². The second-order valence-corrected chi connectivity index (χ2v) is 11.1. The maximum absolute atomic E-state index is 12.7. The van der Waals surface area contributed by atoms with Gasteiger partial charge in [-0.1, -0.05) is 12.1 Å². The summed E-state index contributed by atoms with van der Waals surface area (Å²) in [5.74, 6) is 1.49. The number of aromatic nitrogens is 5. The number of nitrogens with one attached hydrogen (secondary N) is 1. The zero-order valence-corrected chi connectivity index (χ0v) is 21.9. The Morgan fingerprint density at radius 2 is 1.86 bits per heavy atom. The maximum Gasteiger partial charge on any atom is 0.308 e. The van der Waals surface area contributed by atoms with Gasteiger partial charge in [-0.05, 0) is 44.0 Å². The highest BCUT2D eigenvalue weighted by Gasteiger charge is 2.23. The molecule has 1 fully saturated rings. The van der Waals surface area contributed by atoms with Gasteiger partial charge in [-0.25, -0.2) is 13.9 Å². The molecule has 1 aliphatic rings. The summed E-state index contributed by atoms with van der Waals surface area (Å²) in [7, 11) is -0.724. The highest BCUT2D eigenvalue weighted by molar-refractivity contribution is 7.87. The molecule has 3 aromatic heterocycles. The molecule has 1 N–H and O–H groups in total. The lowest BCUT2D eigenvalue weighted by molar-refractivity contribution is 0.122. The molecule has 12 heteroatoms. The third-order valence-electron chi connectivity index (χ3n) is 6.50. The summed E-state index contributed by atoms with van der Waals surface area (Å²) in [6.07, 6.45) is 2.82. The van der Waals surface area contributed by atoms with Gasteiger partial charge in [0.25, 0.3) is 0 Å². The predicted octanol–water partition coefficient (Wildman–Crippen LogP) is 2.75. The van der Waals surface area contributed by atoms with Crippen molar-refractivity contribution in [3.8, 4) is 11.3 Å². The maximum atomic E-state index is 12.7. The summed E-state index contributed by atoms with van der Waals surface area (Å²) in [5.41, 5.74) is 5.84. The molecule has 1 aliphatic heterocycles. The summed E-state index contributed by atoms with van der Waals surface area (Å²) in [6.45, 7) is 8.71. The van der Waals surface area contributed by atoms with Gasteiger partial charge < -0.3 is 15.0 Å². The van der Waals surface area contributed by atoms with Crippen molar-refractivity contribution >= 4 is 33.2 Å². The van der Waals surface area contributed by atoms with E-state index in [0.717, 1.165) is 36.9 Å². The van der Waals surface area contributed by atoms with Gasteiger partial charge in [-0.3, -0.25) is 0 Å². The molecule has 0 bridgehead atoms. The summed E-state index contributed by atoms with van der Waals surface area (Å²) in [6, 6.07) is 8.04. The number of nitrogens with zero attached hydrogens (tertiary/aromatic N) is 7. The zero-order chi connectivity index (χ0) is 25.6. The summed E-state index contributed by atoms with van der Waals surface area (Å²) >= 11 is 0. The summed E-state index contributed by atoms with van der Waals surface area (Å²) in [4.78, 5) is 11.4. The first-order valence-electron chi connectivity index (χ1n) is 11.7. The van der Waals surface area contributed by atoms with Crippen LogP contribution in [0.15, 0.2) is 36.8 Å². The lowest BCUT2D eigenvalue weighted by Crippen LogP contribution is -2.37. The van der Waals surface area contributed by atoms with Crippen LogP contribution in [0.3, 0.4) is 0 Å². The van der Waals surface area contributed by atoms with Gasteiger partial charge in [0, 0.05) is 39.1 Å². The Balaban J connectivity index is 1.69. The van der Waals surface area contributed by atoms with E-state index in [1.807, 2.05) is 25.1 Å². The van der Waals surface area contributed by atoms with E-state index in [9.17, 15) is 8.42 Å². The van der Waals surface area contributed by atoms with Crippen LogP contribution in [0.4, 0.5) is 17.3 Å². The second kappa shape index (κ2) is 9.19. The van der Waals surface area contributed by atoms with Crippen molar-refractivity contribution in [2.75, 3.05) is 50.6 Å². The summed E-state index contributed by atoms with van der Waals surface area (Å²) in [5, 5.41) is 8.46. The van der Waals surface area contributed by atoms with Crippen molar-refractivity contribution in [1.82, 2.24) is 27.9 Å². The monoisotopic (exact) mass is 510 g/mol. The van der Waals surface area contributed by atoms with E-state index in [-0.39, 0.29) is 0 Å². The number of aryl methyl sites for hydroxylation is 2. The van der Waals surface area contributed by atoms with Gasteiger partial charge >= 0.3 is 10.2 Å². The molecule has 4 aromatic rings. The van der Waals surface area contributed by atoms with Crippen LogP contribution in [0, 0.1) is 20.8 Å². The molecule has 0 spiro atoms. The van der Waals surface area contributed by atoms with Crippen molar-refractivity contribution in [3.05, 3.63) is 53.6 Å². The Hall–Kier alpha value is -3.48. The molecule has 5 rings (SSSR count). The Morgan fingerprint density at radius 3 is 2.58 bits per heavy atom. The molecular formula is C24H30N8O3S. The first kappa shape index (κ1) is 24.2. The molecule has 190 valence electrons. The lowest BCUT2D eigenvalue weighted by atomic mass is 10.1. The predicted molar refractivity (Wildman–Crippen MR) is 139 cm³/mol. The fraction of sp³-hybridized carbons (Fsp3) is 0.375. The number of anilines is 3. The van der Waals surface area contributed by atoms with E-state index in [4.69, 9.17) is 14.8 Å². The molecule has 4 heterocycles. The minimum absolute atomic E-state index is 0.491. The smallest absolute Gasteiger partial charge is 0.308 e. The number of rotatable bonds is 6. The topological polar surface area (TPSA) is 110 Å². The summed E-state index contributed by atoms with van der Waals surface area (Å²) < 4.78 is 34.9. The normalized spacial score (nSPS) is 14.7. The number of fused-ring (bicyclic) bond motifs is 1. The lowest BCUT2D eigenvalue weighted by Gasteiger charge is -2.28. The number of hydrogen-bond donors (Lipinski definition) is 1. The van der Waals surface area contributed by atoms with Crippen LogP contribution in [-0.2, 0) is 14.9 Å². The minimum atomic E-state index is -3.70. The third kappa shape index (κ3) is 4.21. The quantitative estimate of drug-likeness (QED) is 0.422. The largest absolute Gasteiger partial charge is 0.378 e. The molecule has 36 heavy (non-hydrogen) atoms. The van der Waals surface area contributed by atoms with E-state index in [0.29, 0.717) is 43.2 Å². The van der Waals surface area contributed by atoms with Crippen molar-refractivity contribution < 1.29 is 13.2 Å². The molecule has 0 amide bonds. The van der Waals surface area contributed by atoms with Gasteiger partial charge in [-0.15, -0.1) is 5.10 Å². The second-order valence-electron chi connectivity index (χ2n) is 9.05. The Morgan fingerprint density at radius 1 is 1.11 bits per heavy atom. The fourth-order valence-corrected chi connectivity index (χ4v) is 4.94. The van der Waals surface area contributed by atoms with Gasteiger partial charge in [-0.2, -0.15) is 17.2 Å². The van der Waals surface area contributed by atoms with Crippen molar-refractivity contribution in [1.29, 1.82) is 0 Å². The number of hydrogen-bond acceptors (Lipinski definition) is 8. The Kier molecular flexibility index (Phi) is 6.18. The number of ether oxygens (including phenoxy) is 1. The van der Waals surface area contributed by atoms with Crippen LogP contribution in [-0.4, -0.2) is 76.7 Å². The standard InChI is InChI=1S/C24H30N8O3S/c1-16-7-6-8-20(17(16)2)27-23-18(3)26-24-19(21-14-31(15-25-21)36(33,34)29(4)5)13-22(28-32(23)24)30-9-11-35-12-10-30/h6-8,13-15,27H,9-12H2,1-5H3. The van der Waals surface area contributed by atoms with Crippen LogP contribution in [0.5, 0.6) is 0 Å². The first-order chi connectivity index (χ1) is 17.2. The molecule has 0 atom stereocenters. The van der Waals surface area contributed by atoms with E-state index >= 15 is 0 Å². The van der Waals surface area contributed by atoms with Gasteiger partial charge in [0.05, 0.1) is 30.2 Å². The van der Waals surface area contributed by atoms with Crippen LogP contribution in [0.1, 0.15) is 16.8 Å². The van der Waals surface area contributed by atoms with E-state index in [1.54, 1.807) is 4.52 Å². The first-order valence-corrected chi connectivity index (χ1v) is 13.1. The number of imidazole rings is 2. The SMILES string of the molecule is Cc1cccc(Nc2c(C)nc3c(-c4cn(S(=O)(=O)N(C)C)cn4)cc(N4CCOCC4)nn23)c1C. The molecule has 1 saturated heterocycles. The van der Waals surface area contributed by atoms with Crippen molar-refractivity contribution in [2.24, 2.45) is 0 Å². The average molecular weight is 511 g/mol. The zero-order valence-electron chi connectivity index (χ0n) is 21.1. The van der Waals surface area contributed by atoms with Gasteiger partial charge in [0.15, 0.2) is 17.3 Å². The van der Waals surface area contributed by atoms with E-state index < -0.39 is 10.2 Å². The molecule has 0 aliphatic carbocycles. The van der Waals surface area contributed by atoms with Crippen molar-refractivity contribution in [3.63, 3.8) is 0 Å². The van der Waals surface area contributed by atoms with Crippen LogP contribution in [0.25, 0.3) is 16.9 Å². The number of benzene rings is 1. The van der Waals surface area contributed by atoms with Gasteiger partial charge in [0.1, 0.15) is 6.33 Å². The fourth-order valence-electron chi connectivity index (χ4n) is 4.17.